The van der Waals surface area contributed by atoms with E-state index >= 15 is 0 Å². The van der Waals surface area contributed by atoms with Crippen molar-refractivity contribution in [1.29, 1.82) is 0 Å². The first kappa shape index (κ1) is 19.8. The molecule has 4 nitrogen and oxygen atoms in total. The molecule has 4 heteroatoms. The van der Waals surface area contributed by atoms with Crippen molar-refractivity contribution < 1.29 is 4.74 Å². The van der Waals surface area contributed by atoms with Gasteiger partial charge in [-0.15, -0.1) is 0 Å². The molecule has 1 aromatic rings. The molecule has 0 aliphatic rings. The van der Waals surface area contributed by atoms with Gasteiger partial charge in [0, 0.05) is 0 Å². The highest BCUT2D eigenvalue weighted by atomic mass is 16.5. The summed E-state index contributed by atoms with van der Waals surface area (Å²) in [6, 6.07) is 6.17. The molecule has 0 bridgehead atoms. The van der Waals surface area contributed by atoms with E-state index in [2.05, 4.69) is 37.1 Å². The standard InChI is InChI=1S/C19H35N3O/c1-4-15-23-19-11-10-17(16-18(19)20)9-7-12-21-13-8-14-22(5-2)6-3/h10-11,16,21H,4-9,12-15,20H2,1-3H3. The number of nitrogens with zero attached hydrogens (tertiary/aromatic N) is 1. The molecule has 0 fully saturated rings. The smallest absolute Gasteiger partial charge is 0.142 e. The van der Waals surface area contributed by atoms with E-state index in [-0.39, 0.29) is 0 Å². The van der Waals surface area contributed by atoms with Gasteiger partial charge in [-0.25, -0.2) is 0 Å². The van der Waals surface area contributed by atoms with Crippen molar-refractivity contribution in [3.63, 3.8) is 0 Å². The van der Waals surface area contributed by atoms with Crippen LogP contribution in [0.5, 0.6) is 5.75 Å². The Labute approximate surface area is 142 Å². The molecule has 0 saturated heterocycles. The van der Waals surface area contributed by atoms with E-state index in [0.717, 1.165) is 63.5 Å². The maximum absolute atomic E-state index is 6.04. The maximum atomic E-state index is 6.04. The van der Waals surface area contributed by atoms with Crippen molar-refractivity contribution in [1.82, 2.24) is 10.2 Å². The van der Waals surface area contributed by atoms with Gasteiger partial charge in [-0.3, -0.25) is 0 Å². The van der Waals surface area contributed by atoms with Crippen LogP contribution in [-0.4, -0.2) is 44.2 Å². The van der Waals surface area contributed by atoms with E-state index in [0.29, 0.717) is 0 Å². The third-order valence-corrected chi connectivity index (χ3v) is 4.08. The van der Waals surface area contributed by atoms with Crippen LogP contribution in [0.1, 0.15) is 45.6 Å². The van der Waals surface area contributed by atoms with Crippen molar-refractivity contribution in [2.24, 2.45) is 0 Å². The lowest BCUT2D eigenvalue weighted by Crippen LogP contribution is -2.27. The Bertz CT molecular complexity index is 419. The average molecular weight is 322 g/mol. The van der Waals surface area contributed by atoms with E-state index in [1.807, 2.05) is 12.1 Å². The maximum Gasteiger partial charge on any atom is 0.142 e. The molecule has 0 aliphatic carbocycles. The Morgan fingerprint density at radius 1 is 1.09 bits per heavy atom. The molecule has 23 heavy (non-hydrogen) atoms. The highest BCUT2D eigenvalue weighted by Gasteiger charge is 2.02. The van der Waals surface area contributed by atoms with Gasteiger partial charge in [0.15, 0.2) is 0 Å². The molecule has 3 N–H and O–H groups in total. The normalized spacial score (nSPS) is 11.1. The Hall–Kier alpha value is -1.26. The van der Waals surface area contributed by atoms with Gasteiger partial charge >= 0.3 is 0 Å². The van der Waals surface area contributed by atoms with E-state index < -0.39 is 0 Å². The quantitative estimate of drug-likeness (QED) is 0.432. The molecule has 0 radical (unpaired) electrons. The Morgan fingerprint density at radius 2 is 1.83 bits per heavy atom. The zero-order valence-corrected chi connectivity index (χ0v) is 15.2. The first-order valence-corrected chi connectivity index (χ1v) is 9.15. The number of benzene rings is 1. The van der Waals surface area contributed by atoms with Gasteiger partial charge in [0.25, 0.3) is 0 Å². The van der Waals surface area contributed by atoms with Crippen LogP contribution in [0.25, 0.3) is 0 Å². The van der Waals surface area contributed by atoms with E-state index in [1.54, 1.807) is 0 Å². The minimum Gasteiger partial charge on any atom is -0.491 e. The summed E-state index contributed by atoms with van der Waals surface area (Å²) in [4.78, 5) is 2.46. The highest BCUT2D eigenvalue weighted by Crippen LogP contribution is 2.23. The van der Waals surface area contributed by atoms with Crippen LogP contribution in [0, 0.1) is 0 Å². The second kappa shape index (κ2) is 12.2. The molecule has 0 heterocycles. The van der Waals surface area contributed by atoms with Crippen molar-refractivity contribution in [3.05, 3.63) is 23.8 Å². The lowest BCUT2D eigenvalue weighted by molar-refractivity contribution is 0.298. The van der Waals surface area contributed by atoms with Crippen molar-refractivity contribution >= 4 is 5.69 Å². The molecule has 0 atom stereocenters. The lowest BCUT2D eigenvalue weighted by atomic mass is 10.1. The summed E-state index contributed by atoms with van der Waals surface area (Å²) in [7, 11) is 0. The summed E-state index contributed by atoms with van der Waals surface area (Å²) >= 11 is 0. The van der Waals surface area contributed by atoms with Crippen LogP contribution in [0.3, 0.4) is 0 Å². The SMILES string of the molecule is CCCOc1ccc(CCCNCCCN(CC)CC)cc1N. The molecule has 1 rings (SSSR count). The minimum atomic E-state index is 0.723. The number of nitrogens with one attached hydrogen (secondary N) is 1. The van der Waals surface area contributed by atoms with Gasteiger partial charge in [0.2, 0.25) is 0 Å². The fourth-order valence-electron chi connectivity index (χ4n) is 2.61. The lowest BCUT2D eigenvalue weighted by Gasteiger charge is -2.17. The number of ether oxygens (including phenoxy) is 1. The van der Waals surface area contributed by atoms with E-state index in [9.17, 15) is 0 Å². The first-order valence-electron chi connectivity index (χ1n) is 9.15. The summed E-state index contributed by atoms with van der Waals surface area (Å²) in [6.07, 6.45) is 4.42. The van der Waals surface area contributed by atoms with E-state index in [1.165, 1.54) is 18.5 Å². The molecule has 132 valence electrons. The van der Waals surface area contributed by atoms with Crippen molar-refractivity contribution in [3.8, 4) is 5.75 Å². The molecule has 0 aliphatic heterocycles. The average Bonchev–Trinajstić information content (AvgIpc) is 2.56. The Balaban J connectivity index is 2.15. The van der Waals surface area contributed by atoms with Crippen LogP contribution in [0.2, 0.25) is 0 Å². The van der Waals surface area contributed by atoms with Gasteiger partial charge in [0.1, 0.15) is 5.75 Å². The molecule has 1 aromatic carbocycles. The van der Waals surface area contributed by atoms with Gasteiger partial charge in [-0.2, -0.15) is 0 Å². The Kier molecular flexibility index (Phi) is 10.5. The van der Waals surface area contributed by atoms with Gasteiger partial charge in [-0.05, 0) is 76.1 Å². The fourth-order valence-corrected chi connectivity index (χ4v) is 2.61. The number of hydrogen-bond donors (Lipinski definition) is 2. The summed E-state index contributed by atoms with van der Waals surface area (Å²) in [5, 5.41) is 3.53. The number of rotatable bonds is 13. The van der Waals surface area contributed by atoms with E-state index in [4.69, 9.17) is 10.5 Å². The van der Waals surface area contributed by atoms with Crippen LogP contribution >= 0.6 is 0 Å². The third kappa shape index (κ3) is 8.24. The van der Waals surface area contributed by atoms with Crippen LogP contribution in [0.4, 0.5) is 5.69 Å². The van der Waals surface area contributed by atoms with Gasteiger partial charge < -0.3 is 20.7 Å². The molecule has 0 spiro atoms. The predicted octanol–water partition coefficient (Wildman–Crippen LogP) is 3.31. The van der Waals surface area contributed by atoms with Crippen LogP contribution < -0.4 is 15.8 Å². The molecular weight excluding hydrogens is 286 g/mol. The Morgan fingerprint density at radius 3 is 2.48 bits per heavy atom. The second-order valence-electron chi connectivity index (χ2n) is 5.95. The zero-order chi connectivity index (χ0) is 16.9. The first-order chi connectivity index (χ1) is 11.2. The third-order valence-electron chi connectivity index (χ3n) is 4.08. The minimum absolute atomic E-state index is 0.723. The van der Waals surface area contributed by atoms with Crippen LogP contribution in [0.15, 0.2) is 18.2 Å². The number of nitrogens with two attached hydrogens (primary N) is 1. The molecular formula is C19H35N3O. The summed E-state index contributed by atoms with van der Waals surface area (Å²) in [5.74, 6) is 0.810. The number of hydrogen-bond acceptors (Lipinski definition) is 4. The van der Waals surface area contributed by atoms with Crippen molar-refractivity contribution in [2.45, 2.75) is 46.5 Å². The molecule has 0 saturated carbocycles. The van der Waals surface area contributed by atoms with Crippen LogP contribution in [-0.2, 0) is 6.42 Å². The predicted molar refractivity (Wildman–Crippen MR) is 100 cm³/mol. The largest absolute Gasteiger partial charge is 0.491 e. The van der Waals surface area contributed by atoms with Gasteiger partial charge in [-0.1, -0.05) is 26.8 Å². The topological polar surface area (TPSA) is 50.5 Å². The molecule has 0 unspecified atom stereocenters. The second-order valence-corrected chi connectivity index (χ2v) is 5.95. The summed E-state index contributed by atoms with van der Waals surface area (Å²) < 4.78 is 5.61. The summed E-state index contributed by atoms with van der Waals surface area (Å²) in [5.41, 5.74) is 8.08. The van der Waals surface area contributed by atoms with Gasteiger partial charge in [0.05, 0.1) is 12.3 Å². The fraction of sp³-hybridized carbons (Fsp3) is 0.684. The van der Waals surface area contributed by atoms with Crippen molar-refractivity contribution in [2.75, 3.05) is 45.1 Å². The number of aryl methyl sites for hydroxylation is 1. The molecule has 0 aromatic heterocycles. The number of nitrogen functional groups attached to an aromatic ring is 1. The monoisotopic (exact) mass is 321 g/mol. The summed E-state index contributed by atoms with van der Waals surface area (Å²) in [6.45, 7) is 12.9. The highest BCUT2D eigenvalue weighted by molar-refractivity contribution is 5.54. The zero-order valence-electron chi connectivity index (χ0n) is 15.2. The number of anilines is 1. The molecule has 0 amide bonds.